The summed E-state index contributed by atoms with van der Waals surface area (Å²) in [5.74, 6) is -2.39. The highest BCUT2D eigenvalue weighted by Gasteiger charge is 2.29. The van der Waals surface area contributed by atoms with Crippen LogP contribution in [-0.4, -0.2) is 57.6 Å². The summed E-state index contributed by atoms with van der Waals surface area (Å²) in [5, 5.41) is 21.2. The largest absolute Gasteiger partial charge is 0.433 e. The first-order chi connectivity index (χ1) is 12.4. The van der Waals surface area contributed by atoms with Crippen LogP contribution < -0.4 is 0 Å². The van der Waals surface area contributed by atoms with Crippen molar-refractivity contribution in [2.75, 3.05) is 26.2 Å². The average molecular weight is 364 g/mol. The number of piperazine rings is 1. The molecule has 3 heterocycles. The maximum Gasteiger partial charge on any atom is 0.433 e. The van der Waals surface area contributed by atoms with Crippen LogP contribution in [0.25, 0.3) is 0 Å². The van der Waals surface area contributed by atoms with Gasteiger partial charge in [-0.15, -0.1) is 0 Å². The molecular weight excluding hydrogens is 352 g/mol. The molecule has 26 heavy (non-hydrogen) atoms. The molecule has 1 fully saturated rings. The van der Waals surface area contributed by atoms with Gasteiger partial charge in [0.2, 0.25) is 0 Å². The van der Waals surface area contributed by atoms with Crippen molar-refractivity contribution in [2.24, 2.45) is 0 Å². The minimum absolute atomic E-state index is 0.155. The number of amides is 2. The predicted molar refractivity (Wildman–Crippen MR) is 82.5 cm³/mol. The molecule has 0 bridgehead atoms. The molecule has 0 unspecified atom stereocenters. The molecule has 0 aromatic carbocycles. The predicted octanol–water partition coefficient (Wildman–Crippen LogP) is 1.29. The van der Waals surface area contributed by atoms with Crippen molar-refractivity contribution in [3.05, 3.63) is 56.0 Å². The zero-order chi connectivity index (χ0) is 18.8. The topological polar surface area (TPSA) is 153 Å². The van der Waals surface area contributed by atoms with Gasteiger partial charge in [-0.25, -0.2) is 0 Å². The number of carbonyl (C=O) groups is 2. The van der Waals surface area contributed by atoms with Crippen LogP contribution >= 0.6 is 0 Å². The molecule has 0 aliphatic carbocycles. The molecule has 2 amide bonds. The number of rotatable bonds is 4. The zero-order valence-electron chi connectivity index (χ0n) is 13.2. The molecule has 2 aromatic rings. The fourth-order valence-corrected chi connectivity index (χ4v) is 2.51. The van der Waals surface area contributed by atoms with Gasteiger partial charge in [0.15, 0.2) is 11.5 Å². The van der Waals surface area contributed by atoms with Crippen LogP contribution in [0.3, 0.4) is 0 Å². The van der Waals surface area contributed by atoms with Crippen molar-refractivity contribution < 1.29 is 28.3 Å². The van der Waals surface area contributed by atoms with E-state index in [0.717, 1.165) is 12.1 Å². The Morgan fingerprint density at radius 3 is 1.38 bits per heavy atom. The van der Waals surface area contributed by atoms with Gasteiger partial charge in [0.25, 0.3) is 11.8 Å². The third-order valence-electron chi connectivity index (χ3n) is 3.82. The fourth-order valence-electron chi connectivity index (χ4n) is 2.51. The Kier molecular flexibility index (Phi) is 4.39. The Balaban J connectivity index is 1.61. The summed E-state index contributed by atoms with van der Waals surface area (Å²) in [6.07, 6.45) is 0. The number of nitro groups is 2. The normalized spacial score (nSPS) is 14.3. The van der Waals surface area contributed by atoms with Crippen molar-refractivity contribution in [3.8, 4) is 0 Å². The van der Waals surface area contributed by atoms with Gasteiger partial charge in [-0.2, -0.15) is 0 Å². The van der Waals surface area contributed by atoms with Gasteiger partial charge in [-0.05, 0) is 12.1 Å². The Morgan fingerprint density at radius 2 is 1.12 bits per heavy atom. The minimum Gasteiger partial charge on any atom is -0.395 e. The molecule has 1 aliphatic rings. The molecular formula is C14H12N4O8. The first kappa shape index (κ1) is 17.1. The molecule has 2 aromatic heterocycles. The molecule has 0 atom stereocenters. The van der Waals surface area contributed by atoms with Crippen LogP contribution in [0, 0.1) is 20.2 Å². The van der Waals surface area contributed by atoms with E-state index in [2.05, 4.69) is 0 Å². The van der Waals surface area contributed by atoms with E-state index in [1.807, 2.05) is 0 Å². The highest BCUT2D eigenvalue weighted by molar-refractivity contribution is 5.93. The molecule has 3 rings (SSSR count). The summed E-state index contributed by atoms with van der Waals surface area (Å²) in [6.45, 7) is 0.730. The lowest BCUT2D eigenvalue weighted by Crippen LogP contribution is -2.50. The molecule has 0 N–H and O–H groups in total. The van der Waals surface area contributed by atoms with Crippen molar-refractivity contribution in [2.45, 2.75) is 0 Å². The summed E-state index contributed by atoms with van der Waals surface area (Å²) < 4.78 is 9.76. The number of carbonyl (C=O) groups excluding carboxylic acids is 2. The standard InChI is InChI=1S/C14H12N4O8/c19-13(9-1-3-11(25-9)17(21)22)15-5-7-16(8-6-15)14(20)10-2-4-12(26-10)18(23)24/h1-4H,5-8H2. The van der Waals surface area contributed by atoms with Gasteiger partial charge in [0.1, 0.15) is 9.85 Å². The minimum atomic E-state index is -0.740. The molecule has 12 nitrogen and oxygen atoms in total. The van der Waals surface area contributed by atoms with E-state index in [0.29, 0.717) is 0 Å². The second kappa shape index (κ2) is 6.66. The van der Waals surface area contributed by atoms with Crippen LogP contribution in [0.4, 0.5) is 11.8 Å². The summed E-state index contributed by atoms with van der Waals surface area (Å²) in [4.78, 5) is 47.1. The van der Waals surface area contributed by atoms with E-state index in [1.54, 1.807) is 0 Å². The maximum atomic E-state index is 12.3. The third kappa shape index (κ3) is 3.24. The lowest BCUT2D eigenvalue weighted by molar-refractivity contribution is -0.402. The molecule has 0 radical (unpaired) electrons. The van der Waals surface area contributed by atoms with Gasteiger partial charge in [-0.3, -0.25) is 29.8 Å². The van der Waals surface area contributed by atoms with Crippen LogP contribution in [0.2, 0.25) is 0 Å². The number of nitrogens with zero attached hydrogens (tertiary/aromatic N) is 4. The Morgan fingerprint density at radius 1 is 0.769 bits per heavy atom. The van der Waals surface area contributed by atoms with Crippen molar-refractivity contribution in [1.29, 1.82) is 0 Å². The van der Waals surface area contributed by atoms with E-state index in [-0.39, 0.29) is 37.7 Å². The van der Waals surface area contributed by atoms with Crippen molar-refractivity contribution in [3.63, 3.8) is 0 Å². The van der Waals surface area contributed by atoms with E-state index in [9.17, 15) is 29.8 Å². The van der Waals surface area contributed by atoms with Gasteiger partial charge < -0.3 is 18.6 Å². The second-order valence-corrected chi connectivity index (χ2v) is 5.37. The average Bonchev–Trinajstić information content (AvgIpc) is 3.30. The van der Waals surface area contributed by atoms with E-state index in [4.69, 9.17) is 8.83 Å². The lowest BCUT2D eigenvalue weighted by Gasteiger charge is -2.33. The second-order valence-electron chi connectivity index (χ2n) is 5.37. The van der Waals surface area contributed by atoms with Crippen LogP contribution in [0.5, 0.6) is 0 Å². The Labute approximate surface area is 144 Å². The SMILES string of the molecule is O=C(c1ccc([N+](=O)[O-])o1)N1CCN(C(=O)c2ccc([N+](=O)[O-])o2)CC1. The highest BCUT2D eigenvalue weighted by atomic mass is 16.7. The summed E-state index contributed by atoms with van der Waals surface area (Å²) >= 11 is 0. The van der Waals surface area contributed by atoms with Gasteiger partial charge in [-0.1, -0.05) is 0 Å². The van der Waals surface area contributed by atoms with E-state index in [1.165, 1.54) is 21.9 Å². The van der Waals surface area contributed by atoms with Crippen LogP contribution in [-0.2, 0) is 0 Å². The van der Waals surface area contributed by atoms with Crippen molar-refractivity contribution >= 4 is 23.6 Å². The molecule has 1 aliphatic heterocycles. The summed E-state index contributed by atoms with van der Waals surface area (Å²) in [7, 11) is 0. The summed E-state index contributed by atoms with van der Waals surface area (Å²) in [5.41, 5.74) is 0. The van der Waals surface area contributed by atoms with Gasteiger partial charge in [0.05, 0.1) is 12.1 Å². The molecule has 0 spiro atoms. The Hall–Kier alpha value is -3.70. The zero-order valence-corrected chi connectivity index (χ0v) is 13.2. The van der Waals surface area contributed by atoms with Gasteiger partial charge in [0, 0.05) is 26.2 Å². The number of furan rings is 2. The summed E-state index contributed by atoms with van der Waals surface area (Å²) in [6, 6.07) is 4.63. The third-order valence-corrected chi connectivity index (χ3v) is 3.82. The molecule has 12 heteroatoms. The number of hydrogen-bond donors (Lipinski definition) is 0. The first-order valence-electron chi connectivity index (χ1n) is 7.44. The van der Waals surface area contributed by atoms with Crippen molar-refractivity contribution in [1.82, 2.24) is 9.80 Å². The van der Waals surface area contributed by atoms with Gasteiger partial charge >= 0.3 is 11.8 Å². The Bertz CT molecular complexity index is 805. The van der Waals surface area contributed by atoms with E-state index >= 15 is 0 Å². The van der Waals surface area contributed by atoms with Crippen LogP contribution in [0.1, 0.15) is 21.1 Å². The number of hydrogen-bond acceptors (Lipinski definition) is 8. The first-order valence-corrected chi connectivity index (χ1v) is 7.44. The van der Waals surface area contributed by atoms with Crippen LogP contribution in [0.15, 0.2) is 33.1 Å². The monoisotopic (exact) mass is 364 g/mol. The smallest absolute Gasteiger partial charge is 0.395 e. The van der Waals surface area contributed by atoms with E-state index < -0.39 is 33.4 Å². The molecule has 136 valence electrons. The fraction of sp³-hybridized carbons (Fsp3) is 0.286. The quantitative estimate of drug-likeness (QED) is 0.581. The lowest BCUT2D eigenvalue weighted by atomic mass is 10.2. The molecule has 1 saturated heterocycles. The maximum absolute atomic E-state index is 12.3. The molecule has 0 saturated carbocycles. The highest BCUT2D eigenvalue weighted by Crippen LogP contribution is 2.20.